The lowest BCUT2D eigenvalue weighted by Crippen LogP contribution is -2.43. The van der Waals surface area contributed by atoms with Gasteiger partial charge in [0.1, 0.15) is 0 Å². The second-order valence-corrected chi connectivity index (χ2v) is 4.21. The lowest BCUT2D eigenvalue weighted by Gasteiger charge is -2.19. The monoisotopic (exact) mass is 244 g/mol. The van der Waals surface area contributed by atoms with Gasteiger partial charge >= 0.3 is 5.97 Å². The molecule has 0 saturated carbocycles. The molecule has 0 spiro atoms. The number of amides is 1. The Labute approximate surface area is 103 Å². The predicted octanol–water partition coefficient (Wildman–Crippen LogP) is 0.819. The first kappa shape index (κ1) is 15.9. The third kappa shape index (κ3) is 6.94. The van der Waals surface area contributed by atoms with E-state index in [1.165, 1.54) is 7.11 Å². The first-order chi connectivity index (χ1) is 8.04. The van der Waals surface area contributed by atoms with E-state index in [9.17, 15) is 9.59 Å². The van der Waals surface area contributed by atoms with Crippen LogP contribution in [-0.2, 0) is 14.3 Å². The van der Waals surface area contributed by atoms with Crippen molar-refractivity contribution in [3.05, 3.63) is 0 Å². The van der Waals surface area contributed by atoms with Crippen LogP contribution in [-0.4, -0.2) is 31.6 Å². The van der Waals surface area contributed by atoms with Crippen LogP contribution < -0.4 is 11.1 Å². The number of hydrogen-bond donors (Lipinski definition) is 2. The average Bonchev–Trinajstić information content (AvgIpc) is 2.29. The molecule has 1 unspecified atom stereocenters. The van der Waals surface area contributed by atoms with Gasteiger partial charge in [0.15, 0.2) is 0 Å². The fraction of sp³-hybridized carbons (Fsp3) is 0.833. The van der Waals surface area contributed by atoms with Gasteiger partial charge < -0.3 is 15.8 Å². The summed E-state index contributed by atoms with van der Waals surface area (Å²) in [4.78, 5) is 22.3. The molecule has 17 heavy (non-hydrogen) atoms. The summed E-state index contributed by atoms with van der Waals surface area (Å²) in [6, 6.07) is -0.313. The molecule has 0 bridgehead atoms. The molecule has 0 rings (SSSR count). The summed E-state index contributed by atoms with van der Waals surface area (Å²) in [5, 5.41) is 3.10. The van der Waals surface area contributed by atoms with Crippen LogP contribution in [0, 0.1) is 5.92 Å². The maximum Gasteiger partial charge on any atom is 0.305 e. The molecule has 2 atom stereocenters. The first-order valence-corrected chi connectivity index (χ1v) is 6.14. The molecule has 5 heteroatoms. The summed E-state index contributed by atoms with van der Waals surface area (Å²) in [6.45, 7) is 4.58. The molecule has 0 aromatic rings. The van der Waals surface area contributed by atoms with Gasteiger partial charge in [0.05, 0.1) is 13.2 Å². The molecule has 0 aromatic heterocycles. The van der Waals surface area contributed by atoms with E-state index >= 15 is 0 Å². The third-order valence-corrected chi connectivity index (χ3v) is 2.78. The number of primary amides is 1. The number of carbonyl (C=O) groups excluding carboxylic acids is 2. The van der Waals surface area contributed by atoms with Gasteiger partial charge in [-0.2, -0.15) is 0 Å². The zero-order chi connectivity index (χ0) is 13.3. The largest absolute Gasteiger partial charge is 0.469 e. The number of esters is 1. The number of hydrogen-bond acceptors (Lipinski definition) is 4. The molecule has 100 valence electrons. The lowest BCUT2D eigenvalue weighted by atomic mass is 9.99. The highest BCUT2D eigenvalue weighted by atomic mass is 16.5. The number of carbonyl (C=O) groups is 2. The molecule has 0 radical (unpaired) electrons. The number of ether oxygens (including phenoxy) is 1. The van der Waals surface area contributed by atoms with Gasteiger partial charge in [-0.1, -0.05) is 20.3 Å². The van der Waals surface area contributed by atoms with E-state index in [2.05, 4.69) is 17.0 Å². The summed E-state index contributed by atoms with van der Waals surface area (Å²) in [6.07, 6.45) is 2.97. The van der Waals surface area contributed by atoms with Gasteiger partial charge in [-0.25, -0.2) is 0 Å². The Bertz CT molecular complexity index is 244. The van der Waals surface area contributed by atoms with Gasteiger partial charge in [0, 0.05) is 6.42 Å². The standard InChI is InChI=1S/C12H24N2O3/c1-4-6-9(7-11(15)17-3)8-14-10(5-2)12(13)16/h9-10,14H,4-8H2,1-3H3,(H2,13,16)/t9?,10-/m0/s1. The summed E-state index contributed by atoms with van der Waals surface area (Å²) < 4.78 is 4.65. The summed E-state index contributed by atoms with van der Waals surface area (Å²) in [5.74, 6) is -0.362. The highest BCUT2D eigenvalue weighted by Crippen LogP contribution is 2.11. The molecule has 0 fully saturated rings. The van der Waals surface area contributed by atoms with Crippen molar-refractivity contribution in [1.82, 2.24) is 5.32 Å². The van der Waals surface area contributed by atoms with E-state index in [4.69, 9.17) is 5.73 Å². The van der Waals surface area contributed by atoms with Gasteiger partial charge in [0.2, 0.25) is 5.91 Å². The Morgan fingerprint density at radius 2 is 2.00 bits per heavy atom. The highest BCUT2D eigenvalue weighted by Gasteiger charge is 2.17. The normalized spacial score (nSPS) is 14.1. The second-order valence-electron chi connectivity index (χ2n) is 4.21. The Morgan fingerprint density at radius 3 is 2.41 bits per heavy atom. The van der Waals surface area contributed by atoms with Crippen molar-refractivity contribution in [3.8, 4) is 0 Å². The minimum absolute atomic E-state index is 0.195. The van der Waals surface area contributed by atoms with Crippen molar-refractivity contribution in [1.29, 1.82) is 0 Å². The summed E-state index contributed by atoms with van der Waals surface area (Å²) in [7, 11) is 1.39. The molecule has 3 N–H and O–H groups in total. The first-order valence-electron chi connectivity index (χ1n) is 6.14. The Kier molecular flexibility index (Phi) is 8.40. The molecule has 0 aromatic carbocycles. The van der Waals surface area contributed by atoms with Crippen molar-refractivity contribution in [2.45, 2.75) is 45.6 Å². The van der Waals surface area contributed by atoms with Crippen LogP contribution >= 0.6 is 0 Å². The maximum atomic E-state index is 11.2. The molecule has 0 saturated heterocycles. The van der Waals surface area contributed by atoms with Crippen LogP contribution in [0.25, 0.3) is 0 Å². The van der Waals surface area contributed by atoms with Gasteiger partial charge in [-0.05, 0) is 25.3 Å². The van der Waals surface area contributed by atoms with E-state index < -0.39 is 0 Å². The van der Waals surface area contributed by atoms with Crippen LogP contribution in [0.4, 0.5) is 0 Å². The molecule has 0 heterocycles. The summed E-state index contributed by atoms with van der Waals surface area (Å²) >= 11 is 0. The predicted molar refractivity (Wildman–Crippen MR) is 66.3 cm³/mol. The molecule has 0 aliphatic heterocycles. The fourth-order valence-electron chi connectivity index (χ4n) is 1.76. The molecule has 5 nitrogen and oxygen atoms in total. The van der Waals surface area contributed by atoms with E-state index in [0.717, 1.165) is 12.8 Å². The topological polar surface area (TPSA) is 81.4 Å². The highest BCUT2D eigenvalue weighted by molar-refractivity contribution is 5.79. The zero-order valence-electron chi connectivity index (χ0n) is 11.0. The van der Waals surface area contributed by atoms with Gasteiger partial charge in [-0.15, -0.1) is 0 Å². The molecular formula is C12H24N2O3. The average molecular weight is 244 g/mol. The molecule has 1 amide bonds. The van der Waals surface area contributed by atoms with Crippen LogP contribution in [0.2, 0.25) is 0 Å². The van der Waals surface area contributed by atoms with Crippen molar-refractivity contribution in [2.24, 2.45) is 11.7 Å². The van der Waals surface area contributed by atoms with E-state index in [-0.39, 0.29) is 23.8 Å². The Hall–Kier alpha value is -1.10. The zero-order valence-corrected chi connectivity index (χ0v) is 11.0. The van der Waals surface area contributed by atoms with Crippen molar-refractivity contribution in [3.63, 3.8) is 0 Å². The quantitative estimate of drug-likeness (QED) is 0.588. The minimum Gasteiger partial charge on any atom is -0.469 e. The van der Waals surface area contributed by atoms with E-state index in [1.54, 1.807) is 0 Å². The van der Waals surface area contributed by atoms with Crippen molar-refractivity contribution in [2.75, 3.05) is 13.7 Å². The third-order valence-electron chi connectivity index (χ3n) is 2.78. The van der Waals surface area contributed by atoms with E-state index in [0.29, 0.717) is 19.4 Å². The number of methoxy groups -OCH3 is 1. The van der Waals surface area contributed by atoms with Crippen LogP contribution in [0.15, 0.2) is 0 Å². The Balaban J connectivity index is 4.15. The maximum absolute atomic E-state index is 11.2. The van der Waals surface area contributed by atoms with Gasteiger partial charge in [-0.3, -0.25) is 9.59 Å². The number of nitrogens with one attached hydrogen (secondary N) is 1. The van der Waals surface area contributed by atoms with Crippen LogP contribution in [0.5, 0.6) is 0 Å². The number of rotatable bonds is 9. The Morgan fingerprint density at radius 1 is 1.35 bits per heavy atom. The van der Waals surface area contributed by atoms with Gasteiger partial charge in [0.25, 0.3) is 0 Å². The lowest BCUT2D eigenvalue weighted by molar-refractivity contribution is -0.141. The smallest absolute Gasteiger partial charge is 0.305 e. The molecule has 0 aliphatic rings. The fourth-order valence-corrected chi connectivity index (χ4v) is 1.76. The molecule has 0 aliphatic carbocycles. The summed E-state index contributed by atoms with van der Waals surface area (Å²) in [5.41, 5.74) is 5.24. The van der Waals surface area contributed by atoms with E-state index in [1.807, 2.05) is 6.92 Å². The van der Waals surface area contributed by atoms with Crippen LogP contribution in [0.3, 0.4) is 0 Å². The SMILES string of the molecule is CCCC(CN[C@@H](CC)C(N)=O)CC(=O)OC. The van der Waals surface area contributed by atoms with Crippen LogP contribution in [0.1, 0.15) is 39.5 Å². The molecular weight excluding hydrogens is 220 g/mol. The number of nitrogens with two attached hydrogens (primary N) is 1. The minimum atomic E-state index is -0.346. The van der Waals surface area contributed by atoms with Crippen molar-refractivity contribution < 1.29 is 14.3 Å². The second kappa shape index (κ2) is 8.98. The van der Waals surface area contributed by atoms with Crippen molar-refractivity contribution >= 4 is 11.9 Å².